The van der Waals surface area contributed by atoms with Crippen molar-refractivity contribution in [1.82, 2.24) is 4.57 Å². The van der Waals surface area contributed by atoms with Gasteiger partial charge in [-0.2, -0.15) is 0 Å². The summed E-state index contributed by atoms with van der Waals surface area (Å²) in [5.41, 5.74) is -0.0984. The average Bonchev–Trinajstić information content (AvgIpc) is 2.46. The Bertz CT molecular complexity index is 735. The number of fused-ring (bicyclic) bond motifs is 2. The van der Waals surface area contributed by atoms with Crippen molar-refractivity contribution in [3.05, 3.63) is 32.2 Å². The second kappa shape index (κ2) is 3.33. The number of sulfone groups is 1. The average molecular weight is 332 g/mol. The Hall–Kier alpha value is -0.950. The molecule has 1 fully saturated rings. The van der Waals surface area contributed by atoms with Gasteiger partial charge in [0.15, 0.2) is 15.6 Å². The van der Waals surface area contributed by atoms with E-state index in [9.17, 15) is 18.0 Å². The molecule has 0 aromatic carbocycles. The molecule has 0 amide bonds. The van der Waals surface area contributed by atoms with Gasteiger partial charge in [0.25, 0.3) is 5.56 Å². The SMILES string of the molecule is Cc1cc(Br)c(=O)n2c1C(=O)CC21CS(=O)(=O)C1. The van der Waals surface area contributed by atoms with Crippen LogP contribution >= 0.6 is 15.9 Å². The lowest BCUT2D eigenvalue weighted by Gasteiger charge is -2.38. The van der Waals surface area contributed by atoms with Crippen molar-refractivity contribution >= 4 is 31.6 Å². The number of pyridine rings is 1. The zero-order valence-corrected chi connectivity index (χ0v) is 12.0. The molecule has 96 valence electrons. The van der Waals surface area contributed by atoms with Crippen molar-refractivity contribution in [2.45, 2.75) is 18.9 Å². The predicted molar refractivity (Wildman–Crippen MR) is 68.7 cm³/mol. The van der Waals surface area contributed by atoms with Gasteiger partial charge in [-0.25, -0.2) is 8.42 Å². The minimum atomic E-state index is -3.11. The Morgan fingerprint density at radius 2 is 1.94 bits per heavy atom. The number of carbonyl (C=O) groups is 1. The van der Waals surface area contributed by atoms with Gasteiger partial charge in [0.2, 0.25) is 0 Å². The van der Waals surface area contributed by atoms with Crippen LogP contribution in [-0.4, -0.2) is 30.3 Å². The summed E-state index contributed by atoms with van der Waals surface area (Å²) in [4.78, 5) is 24.1. The maximum absolute atomic E-state index is 12.1. The third-order valence-corrected chi connectivity index (χ3v) is 6.08. The molecule has 2 aliphatic rings. The number of carbonyl (C=O) groups excluding carboxylic acids is 1. The minimum Gasteiger partial charge on any atom is -0.296 e. The van der Waals surface area contributed by atoms with Gasteiger partial charge in [-0.1, -0.05) is 0 Å². The molecule has 0 atom stereocenters. The third kappa shape index (κ3) is 1.40. The van der Waals surface area contributed by atoms with Crippen molar-refractivity contribution in [2.75, 3.05) is 11.5 Å². The maximum atomic E-state index is 12.1. The Labute approximate surface area is 112 Å². The number of halogens is 1. The molecule has 0 N–H and O–H groups in total. The molecule has 3 heterocycles. The number of rotatable bonds is 0. The van der Waals surface area contributed by atoms with Crippen LogP contribution in [0.2, 0.25) is 0 Å². The molecule has 7 heteroatoms. The van der Waals surface area contributed by atoms with E-state index >= 15 is 0 Å². The molecule has 0 unspecified atom stereocenters. The highest BCUT2D eigenvalue weighted by Gasteiger charge is 2.56. The number of nitrogens with zero attached hydrogens (tertiary/aromatic N) is 1. The Morgan fingerprint density at radius 3 is 2.50 bits per heavy atom. The van der Waals surface area contributed by atoms with E-state index in [4.69, 9.17) is 0 Å². The van der Waals surface area contributed by atoms with Gasteiger partial charge in [-0.3, -0.25) is 14.2 Å². The first kappa shape index (κ1) is 12.1. The predicted octanol–water partition coefficient (Wildman–Crippen LogP) is 0.629. The Balaban J connectivity index is 2.32. The van der Waals surface area contributed by atoms with Gasteiger partial charge in [-0.15, -0.1) is 0 Å². The summed E-state index contributed by atoms with van der Waals surface area (Å²) in [6.45, 7) is 1.75. The fraction of sp³-hybridized carbons (Fsp3) is 0.455. The van der Waals surface area contributed by atoms with Crippen LogP contribution in [0.15, 0.2) is 15.3 Å². The largest absolute Gasteiger partial charge is 0.296 e. The molecule has 2 aliphatic heterocycles. The highest BCUT2D eigenvalue weighted by Crippen LogP contribution is 2.41. The maximum Gasteiger partial charge on any atom is 0.266 e. The molecule has 3 rings (SSSR count). The number of Topliss-reactive ketones (excluding diaryl/α,β-unsaturated/α-hetero) is 1. The summed E-state index contributed by atoms with van der Waals surface area (Å²) in [5.74, 6) is -0.379. The summed E-state index contributed by atoms with van der Waals surface area (Å²) < 4.78 is 24.6. The summed E-state index contributed by atoms with van der Waals surface area (Å²) in [6.07, 6.45) is 0.110. The van der Waals surface area contributed by atoms with Crippen LogP contribution in [0.3, 0.4) is 0 Å². The lowest BCUT2D eigenvalue weighted by atomic mass is 10.0. The highest BCUT2D eigenvalue weighted by molar-refractivity contribution is 9.10. The van der Waals surface area contributed by atoms with Crippen molar-refractivity contribution < 1.29 is 13.2 Å². The van der Waals surface area contributed by atoms with Crippen molar-refractivity contribution in [3.63, 3.8) is 0 Å². The third-order valence-electron chi connectivity index (χ3n) is 3.55. The first-order valence-corrected chi connectivity index (χ1v) is 8.03. The molecule has 0 saturated carbocycles. The van der Waals surface area contributed by atoms with Gasteiger partial charge >= 0.3 is 0 Å². The van der Waals surface area contributed by atoms with Crippen LogP contribution < -0.4 is 5.56 Å². The molecule has 1 aromatic heterocycles. The van der Waals surface area contributed by atoms with Gasteiger partial charge < -0.3 is 0 Å². The number of aryl methyl sites for hydroxylation is 1. The van der Waals surface area contributed by atoms with E-state index in [0.717, 1.165) is 0 Å². The van der Waals surface area contributed by atoms with Crippen LogP contribution in [0.1, 0.15) is 22.5 Å². The van der Waals surface area contributed by atoms with Crippen molar-refractivity contribution in [3.8, 4) is 0 Å². The summed E-state index contributed by atoms with van der Waals surface area (Å²) in [7, 11) is -3.11. The summed E-state index contributed by atoms with van der Waals surface area (Å²) in [6, 6.07) is 1.61. The van der Waals surface area contributed by atoms with Gasteiger partial charge in [0.1, 0.15) is 0 Å². The summed E-state index contributed by atoms with van der Waals surface area (Å²) >= 11 is 3.16. The van der Waals surface area contributed by atoms with Crippen LogP contribution in [0.4, 0.5) is 0 Å². The molecule has 1 aromatic rings. The van der Waals surface area contributed by atoms with E-state index in [1.165, 1.54) is 4.57 Å². The first-order chi connectivity index (χ1) is 8.26. The number of hydrogen-bond acceptors (Lipinski definition) is 4. The van der Waals surface area contributed by atoms with E-state index in [-0.39, 0.29) is 29.3 Å². The topological polar surface area (TPSA) is 73.2 Å². The fourth-order valence-corrected chi connectivity index (χ4v) is 5.51. The molecule has 1 spiro atoms. The lowest BCUT2D eigenvalue weighted by Crippen LogP contribution is -2.57. The van der Waals surface area contributed by atoms with E-state index in [0.29, 0.717) is 15.7 Å². The molecular formula is C11H10BrNO4S. The van der Waals surface area contributed by atoms with E-state index in [1.54, 1.807) is 13.0 Å². The Kier molecular flexibility index (Phi) is 2.24. The molecular weight excluding hydrogens is 322 g/mol. The molecule has 0 aliphatic carbocycles. The molecule has 0 bridgehead atoms. The normalized spacial score (nSPS) is 22.9. The summed E-state index contributed by atoms with van der Waals surface area (Å²) in [5, 5.41) is 0. The van der Waals surface area contributed by atoms with Crippen molar-refractivity contribution in [2.24, 2.45) is 0 Å². The zero-order valence-electron chi connectivity index (χ0n) is 9.57. The van der Waals surface area contributed by atoms with Crippen LogP contribution in [0.5, 0.6) is 0 Å². The molecule has 5 nitrogen and oxygen atoms in total. The van der Waals surface area contributed by atoms with Gasteiger partial charge in [0, 0.05) is 6.42 Å². The van der Waals surface area contributed by atoms with E-state index < -0.39 is 15.4 Å². The molecule has 0 radical (unpaired) electrons. The second-order valence-corrected chi connectivity index (χ2v) is 7.94. The van der Waals surface area contributed by atoms with Gasteiger partial charge in [0.05, 0.1) is 27.2 Å². The van der Waals surface area contributed by atoms with Crippen LogP contribution in [0.25, 0.3) is 0 Å². The van der Waals surface area contributed by atoms with Crippen LogP contribution in [-0.2, 0) is 15.4 Å². The monoisotopic (exact) mass is 331 g/mol. The first-order valence-electron chi connectivity index (χ1n) is 5.42. The smallest absolute Gasteiger partial charge is 0.266 e. The van der Waals surface area contributed by atoms with Crippen molar-refractivity contribution in [1.29, 1.82) is 0 Å². The standard InChI is InChI=1S/C11H10BrNO4S/c1-6-2-7(12)10(15)13-9(6)8(14)3-11(13)4-18(16,17)5-11/h2H,3-5H2,1H3. The molecule has 1 saturated heterocycles. The van der Waals surface area contributed by atoms with Gasteiger partial charge in [-0.05, 0) is 34.5 Å². The van der Waals surface area contributed by atoms with E-state index in [2.05, 4.69) is 15.9 Å². The molecule has 18 heavy (non-hydrogen) atoms. The number of aromatic nitrogens is 1. The number of ketones is 1. The minimum absolute atomic E-state index is 0.110. The van der Waals surface area contributed by atoms with E-state index in [1.807, 2.05) is 0 Å². The zero-order chi connectivity index (χ0) is 13.3. The highest BCUT2D eigenvalue weighted by atomic mass is 79.9. The quantitative estimate of drug-likeness (QED) is 0.699. The Morgan fingerprint density at radius 1 is 1.33 bits per heavy atom. The lowest BCUT2D eigenvalue weighted by molar-refractivity contribution is 0.0976. The number of hydrogen-bond donors (Lipinski definition) is 0. The second-order valence-electron chi connectivity index (χ2n) is 5.02. The fourth-order valence-electron chi connectivity index (χ4n) is 2.97. The van der Waals surface area contributed by atoms with Crippen LogP contribution in [0, 0.1) is 6.92 Å².